The number of carbonyl (C=O) groups is 1. The first-order valence-electron chi connectivity index (χ1n) is 8.05. The van der Waals surface area contributed by atoms with Crippen molar-refractivity contribution in [1.82, 2.24) is 14.9 Å². The number of nitrogens with two attached hydrogens (primary N) is 1. The molecule has 2 atom stereocenters. The molecule has 0 radical (unpaired) electrons. The van der Waals surface area contributed by atoms with Crippen LogP contribution in [-0.4, -0.2) is 15.5 Å². The monoisotopic (exact) mass is 336 g/mol. The van der Waals surface area contributed by atoms with Gasteiger partial charge in [0.25, 0.3) is 5.56 Å². The summed E-state index contributed by atoms with van der Waals surface area (Å²) < 4.78 is 1.57. The molecule has 0 aliphatic heterocycles. The quantitative estimate of drug-likeness (QED) is 0.743. The third-order valence-corrected chi connectivity index (χ3v) is 4.25. The molecule has 0 saturated carbocycles. The van der Waals surface area contributed by atoms with Gasteiger partial charge in [0.15, 0.2) is 0 Å². The van der Waals surface area contributed by atoms with Gasteiger partial charge in [0, 0.05) is 7.05 Å². The number of primary amides is 1. The molecule has 0 aliphatic carbocycles. The minimum Gasteiger partial charge on any atom is -0.368 e. The largest absolute Gasteiger partial charge is 0.368 e. The fraction of sp³-hybridized carbons (Fsp3) is 0.211. The average molecular weight is 336 g/mol. The number of nitrogens with zero attached hydrogens (tertiary/aromatic N) is 2. The van der Waals surface area contributed by atoms with Crippen molar-refractivity contribution >= 4 is 16.9 Å². The molecule has 3 aromatic rings. The summed E-state index contributed by atoms with van der Waals surface area (Å²) in [6, 6.07) is 15.5. The Labute approximate surface area is 145 Å². The van der Waals surface area contributed by atoms with E-state index in [1.807, 2.05) is 54.6 Å². The number of para-hydroxylation sites is 2. The highest BCUT2D eigenvalue weighted by Gasteiger charge is 2.23. The second-order valence-electron chi connectivity index (χ2n) is 5.98. The first kappa shape index (κ1) is 16.9. The maximum atomic E-state index is 12.7. The maximum absolute atomic E-state index is 12.7. The highest BCUT2D eigenvalue weighted by atomic mass is 16.1. The van der Waals surface area contributed by atoms with Crippen molar-refractivity contribution in [1.29, 1.82) is 0 Å². The summed E-state index contributed by atoms with van der Waals surface area (Å²) in [6.45, 7) is 1.80. The van der Waals surface area contributed by atoms with Crippen LogP contribution in [0.25, 0.3) is 11.0 Å². The zero-order valence-electron chi connectivity index (χ0n) is 14.1. The van der Waals surface area contributed by atoms with E-state index < -0.39 is 18.0 Å². The Morgan fingerprint density at radius 2 is 1.76 bits per heavy atom. The summed E-state index contributed by atoms with van der Waals surface area (Å²) in [5.74, 6) is -0.504. The molecule has 0 saturated heterocycles. The number of nitrogens with one attached hydrogen (secondary N) is 1. The molecule has 6 heteroatoms. The minimum atomic E-state index is -0.700. The number of amides is 1. The Morgan fingerprint density at radius 3 is 2.44 bits per heavy atom. The number of benzene rings is 2. The lowest BCUT2D eigenvalue weighted by Crippen LogP contribution is -2.38. The molecular weight excluding hydrogens is 316 g/mol. The Bertz CT molecular complexity index is 966. The summed E-state index contributed by atoms with van der Waals surface area (Å²) in [5.41, 5.74) is 7.94. The van der Waals surface area contributed by atoms with Crippen LogP contribution in [0.1, 0.15) is 30.3 Å². The van der Waals surface area contributed by atoms with E-state index in [-0.39, 0.29) is 5.56 Å². The fourth-order valence-corrected chi connectivity index (χ4v) is 2.90. The highest BCUT2D eigenvalue weighted by molar-refractivity contribution is 5.81. The fourth-order valence-electron chi connectivity index (χ4n) is 2.90. The second kappa shape index (κ2) is 6.86. The number of rotatable bonds is 5. The maximum Gasteiger partial charge on any atom is 0.274 e. The lowest BCUT2D eigenvalue weighted by atomic mass is 10.0. The molecular formula is C19H20N4O2. The molecule has 3 N–H and O–H groups in total. The van der Waals surface area contributed by atoms with Crippen molar-refractivity contribution in [2.75, 3.05) is 0 Å². The number of carbonyl (C=O) groups excluding carboxylic acids is 1. The van der Waals surface area contributed by atoms with Gasteiger partial charge in [-0.3, -0.25) is 14.9 Å². The standard InChI is InChI=1S/C19H20N4O2/c1-12(21-17(18(20)24)13-8-4-3-5-9-13)16-19(25)23(2)15-11-7-6-10-14(15)22-16/h3-12,17,21H,1-2H3,(H2,20,24)/t12-,17?/m0/s1. The smallest absolute Gasteiger partial charge is 0.274 e. The van der Waals surface area contributed by atoms with Crippen LogP contribution in [-0.2, 0) is 11.8 Å². The Morgan fingerprint density at radius 1 is 1.12 bits per heavy atom. The molecule has 1 aromatic heterocycles. The predicted molar refractivity (Wildman–Crippen MR) is 96.9 cm³/mol. The highest BCUT2D eigenvalue weighted by Crippen LogP contribution is 2.18. The zero-order valence-corrected chi connectivity index (χ0v) is 14.1. The predicted octanol–water partition coefficient (Wildman–Crippen LogP) is 1.81. The van der Waals surface area contributed by atoms with Gasteiger partial charge in [-0.05, 0) is 24.6 Å². The summed E-state index contributed by atoms with van der Waals surface area (Å²) in [5, 5.41) is 3.13. The Hall–Kier alpha value is -2.99. The third-order valence-electron chi connectivity index (χ3n) is 4.25. The van der Waals surface area contributed by atoms with Crippen LogP contribution in [0, 0.1) is 0 Å². The summed E-state index contributed by atoms with van der Waals surface area (Å²) in [7, 11) is 1.71. The van der Waals surface area contributed by atoms with E-state index in [9.17, 15) is 9.59 Å². The Balaban J connectivity index is 1.99. The van der Waals surface area contributed by atoms with Crippen LogP contribution in [0.5, 0.6) is 0 Å². The van der Waals surface area contributed by atoms with Gasteiger partial charge in [0.05, 0.1) is 17.1 Å². The van der Waals surface area contributed by atoms with E-state index >= 15 is 0 Å². The van der Waals surface area contributed by atoms with Crippen molar-refractivity contribution < 1.29 is 4.79 Å². The van der Waals surface area contributed by atoms with Gasteiger partial charge in [-0.1, -0.05) is 42.5 Å². The van der Waals surface area contributed by atoms with Crippen molar-refractivity contribution in [3.8, 4) is 0 Å². The van der Waals surface area contributed by atoms with Crippen LogP contribution in [0.2, 0.25) is 0 Å². The van der Waals surface area contributed by atoms with E-state index in [1.54, 1.807) is 18.5 Å². The third kappa shape index (κ3) is 3.29. The van der Waals surface area contributed by atoms with Crippen LogP contribution in [0.3, 0.4) is 0 Å². The lowest BCUT2D eigenvalue weighted by molar-refractivity contribution is -0.120. The van der Waals surface area contributed by atoms with Crippen LogP contribution in [0.15, 0.2) is 59.4 Å². The first-order chi connectivity index (χ1) is 12.0. The molecule has 6 nitrogen and oxygen atoms in total. The van der Waals surface area contributed by atoms with E-state index in [1.165, 1.54) is 0 Å². The van der Waals surface area contributed by atoms with Gasteiger partial charge in [0.2, 0.25) is 5.91 Å². The van der Waals surface area contributed by atoms with E-state index in [0.717, 1.165) is 16.6 Å². The molecule has 128 valence electrons. The average Bonchev–Trinajstić information content (AvgIpc) is 2.63. The van der Waals surface area contributed by atoms with Gasteiger partial charge in [0.1, 0.15) is 11.7 Å². The van der Waals surface area contributed by atoms with Crippen LogP contribution < -0.4 is 16.6 Å². The molecule has 25 heavy (non-hydrogen) atoms. The van der Waals surface area contributed by atoms with Crippen molar-refractivity contribution in [3.63, 3.8) is 0 Å². The minimum absolute atomic E-state index is 0.199. The topological polar surface area (TPSA) is 90.0 Å². The molecule has 0 spiro atoms. The van der Waals surface area contributed by atoms with Crippen LogP contribution >= 0.6 is 0 Å². The van der Waals surface area contributed by atoms with Gasteiger partial charge < -0.3 is 10.3 Å². The number of hydrogen-bond donors (Lipinski definition) is 2. The van der Waals surface area contributed by atoms with E-state index in [0.29, 0.717) is 5.69 Å². The molecule has 1 heterocycles. The number of fused-ring (bicyclic) bond motifs is 1. The van der Waals surface area contributed by atoms with Crippen molar-refractivity contribution in [2.24, 2.45) is 12.8 Å². The van der Waals surface area contributed by atoms with E-state index in [2.05, 4.69) is 10.3 Å². The number of hydrogen-bond acceptors (Lipinski definition) is 4. The summed E-state index contributed by atoms with van der Waals surface area (Å²) >= 11 is 0. The molecule has 1 unspecified atom stereocenters. The lowest BCUT2D eigenvalue weighted by Gasteiger charge is -2.21. The Kier molecular flexibility index (Phi) is 4.63. The molecule has 0 bridgehead atoms. The van der Waals surface area contributed by atoms with Crippen LogP contribution in [0.4, 0.5) is 0 Å². The van der Waals surface area contributed by atoms with Gasteiger partial charge in [-0.25, -0.2) is 4.98 Å². The van der Waals surface area contributed by atoms with Crippen molar-refractivity contribution in [2.45, 2.75) is 19.0 Å². The number of aryl methyl sites for hydroxylation is 1. The molecule has 0 aliphatic rings. The normalized spacial score (nSPS) is 13.5. The zero-order chi connectivity index (χ0) is 18.0. The second-order valence-corrected chi connectivity index (χ2v) is 5.98. The van der Waals surface area contributed by atoms with Crippen molar-refractivity contribution in [3.05, 3.63) is 76.2 Å². The van der Waals surface area contributed by atoms with Gasteiger partial charge in [-0.2, -0.15) is 0 Å². The summed E-state index contributed by atoms with van der Waals surface area (Å²) in [6.07, 6.45) is 0. The SMILES string of the molecule is C[C@H](NC(C(N)=O)c1ccccc1)c1nc2ccccc2n(C)c1=O. The summed E-state index contributed by atoms with van der Waals surface area (Å²) in [4.78, 5) is 29.0. The van der Waals surface area contributed by atoms with Gasteiger partial charge in [-0.15, -0.1) is 0 Å². The molecule has 1 amide bonds. The van der Waals surface area contributed by atoms with Gasteiger partial charge >= 0.3 is 0 Å². The molecule has 0 fully saturated rings. The number of aromatic nitrogens is 2. The van der Waals surface area contributed by atoms with E-state index in [4.69, 9.17) is 5.73 Å². The first-order valence-corrected chi connectivity index (χ1v) is 8.05. The molecule has 2 aromatic carbocycles. The molecule has 3 rings (SSSR count).